The van der Waals surface area contributed by atoms with E-state index in [1.165, 1.54) is 6.42 Å². The van der Waals surface area contributed by atoms with Crippen molar-refractivity contribution in [3.05, 3.63) is 47.2 Å². The molecule has 2 aromatic rings. The summed E-state index contributed by atoms with van der Waals surface area (Å²) in [5.41, 5.74) is 2.09. The molecule has 2 N–H and O–H groups in total. The molecule has 1 heterocycles. The number of halogens is 2. The van der Waals surface area contributed by atoms with Gasteiger partial charge in [-0.1, -0.05) is 18.5 Å². The zero-order valence-electron chi connectivity index (χ0n) is 13.2. The molecule has 2 unspecified atom stereocenters. The van der Waals surface area contributed by atoms with E-state index in [9.17, 15) is 0 Å². The van der Waals surface area contributed by atoms with Gasteiger partial charge in [-0.05, 0) is 36.6 Å². The van der Waals surface area contributed by atoms with Gasteiger partial charge in [0.05, 0.1) is 11.9 Å². The predicted octanol–water partition coefficient (Wildman–Crippen LogP) is 3.22. The van der Waals surface area contributed by atoms with Crippen molar-refractivity contribution in [2.24, 2.45) is 10.9 Å². The highest BCUT2D eigenvalue weighted by Crippen LogP contribution is 2.28. The van der Waals surface area contributed by atoms with Crippen molar-refractivity contribution < 1.29 is 0 Å². The molecule has 1 fully saturated rings. The van der Waals surface area contributed by atoms with Gasteiger partial charge in [-0.25, -0.2) is 4.68 Å². The molecule has 1 aromatic carbocycles. The summed E-state index contributed by atoms with van der Waals surface area (Å²) in [5, 5.41) is 11.8. The summed E-state index contributed by atoms with van der Waals surface area (Å²) >= 11 is 5.90. The number of hydrogen-bond acceptors (Lipinski definition) is 2. The monoisotopic (exact) mass is 445 g/mol. The second-order valence-electron chi connectivity index (χ2n) is 5.66. The number of aliphatic imine (C=N–C) groups is 1. The molecule has 0 radical (unpaired) electrons. The largest absolute Gasteiger partial charge is 0.353 e. The van der Waals surface area contributed by atoms with E-state index in [1.54, 1.807) is 7.05 Å². The Labute approximate surface area is 158 Å². The average Bonchev–Trinajstić information content (AvgIpc) is 3.01. The fourth-order valence-electron chi connectivity index (χ4n) is 2.27. The number of hydrogen-bond donors (Lipinski definition) is 2. The summed E-state index contributed by atoms with van der Waals surface area (Å²) in [5.74, 6) is 1.58. The smallest absolute Gasteiger partial charge is 0.191 e. The molecule has 0 bridgehead atoms. The van der Waals surface area contributed by atoms with Crippen LogP contribution in [0.25, 0.3) is 5.69 Å². The van der Waals surface area contributed by atoms with E-state index in [4.69, 9.17) is 11.6 Å². The normalized spacial score (nSPS) is 19.9. The Morgan fingerprint density at radius 2 is 2.09 bits per heavy atom. The van der Waals surface area contributed by atoms with Crippen molar-refractivity contribution in [2.45, 2.75) is 25.9 Å². The number of rotatable bonds is 4. The number of nitrogens with zero attached hydrogens (tertiary/aromatic N) is 3. The van der Waals surface area contributed by atoms with Crippen molar-refractivity contribution >= 4 is 41.5 Å². The van der Waals surface area contributed by atoms with Gasteiger partial charge in [0.2, 0.25) is 0 Å². The Morgan fingerprint density at radius 3 is 2.70 bits per heavy atom. The van der Waals surface area contributed by atoms with Crippen LogP contribution < -0.4 is 10.6 Å². The van der Waals surface area contributed by atoms with Crippen LogP contribution in [0, 0.1) is 5.92 Å². The molecule has 3 rings (SSSR count). The van der Waals surface area contributed by atoms with Crippen molar-refractivity contribution in [3.63, 3.8) is 0 Å². The van der Waals surface area contributed by atoms with Crippen LogP contribution in [0.2, 0.25) is 5.02 Å². The maximum absolute atomic E-state index is 5.90. The maximum Gasteiger partial charge on any atom is 0.191 e. The molecule has 0 amide bonds. The Balaban J connectivity index is 0.00000192. The summed E-state index contributed by atoms with van der Waals surface area (Å²) in [7, 11) is 1.79. The standard InChI is InChI=1S/C16H20ClN5.HI/c1-11-7-15(11)21-16(18-2)19-8-12-9-20-22(10-12)14-5-3-13(17)4-6-14;/h3-6,9-11,15H,7-8H2,1-2H3,(H2,18,19,21);1H. The quantitative estimate of drug-likeness (QED) is 0.432. The van der Waals surface area contributed by atoms with Crippen molar-refractivity contribution in [1.82, 2.24) is 20.4 Å². The van der Waals surface area contributed by atoms with E-state index < -0.39 is 0 Å². The number of aromatic nitrogens is 2. The fourth-order valence-corrected chi connectivity index (χ4v) is 2.39. The van der Waals surface area contributed by atoms with E-state index in [-0.39, 0.29) is 24.0 Å². The van der Waals surface area contributed by atoms with Crippen LogP contribution in [0.15, 0.2) is 41.7 Å². The molecule has 23 heavy (non-hydrogen) atoms. The molecule has 0 saturated heterocycles. The fraction of sp³-hybridized carbons (Fsp3) is 0.375. The molecule has 1 aliphatic carbocycles. The first-order chi connectivity index (χ1) is 10.7. The molecule has 1 saturated carbocycles. The summed E-state index contributed by atoms with van der Waals surface area (Å²) in [4.78, 5) is 4.24. The van der Waals surface area contributed by atoms with Gasteiger partial charge in [0.25, 0.3) is 0 Å². The molecule has 5 nitrogen and oxygen atoms in total. The van der Waals surface area contributed by atoms with Gasteiger partial charge < -0.3 is 10.6 Å². The van der Waals surface area contributed by atoms with Gasteiger partial charge >= 0.3 is 0 Å². The second-order valence-corrected chi connectivity index (χ2v) is 6.10. The third-order valence-corrected chi connectivity index (χ3v) is 4.09. The number of nitrogens with one attached hydrogen (secondary N) is 2. The summed E-state index contributed by atoms with van der Waals surface area (Å²) < 4.78 is 1.84. The van der Waals surface area contributed by atoms with Gasteiger partial charge in [-0.3, -0.25) is 4.99 Å². The first-order valence-electron chi connectivity index (χ1n) is 7.42. The van der Waals surface area contributed by atoms with Crippen molar-refractivity contribution in [3.8, 4) is 5.69 Å². The molecule has 7 heteroatoms. The Hall–Kier alpha value is -1.28. The predicted molar refractivity (Wildman–Crippen MR) is 105 cm³/mol. The Bertz CT molecular complexity index is 667. The van der Waals surface area contributed by atoms with Crippen molar-refractivity contribution in [2.75, 3.05) is 7.05 Å². The zero-order chi connectivity index (χ0) is 15.5. The van der Waals surface area contributed by atoms with Crippen LogP contribution in [0.4, 0.5) is 0 Å². The average molecular weight is 446 g/mol. The highest BCUT2D eigenvalue weighted by molar-refractivity contribution is 14.0. The summed E-state index contributed by atoms with van der Waals surface area (Å²) in [6, 6.07) is 8.17. The molecule has 2 atom stereocenters. The topological polar surface area (TPSA) is 54.2 Å². The zero-order valence-corrected chi connectivity index (χ0v) is 16.2. The lowest BCUT2D eigenvalue weighted by molar-refractivity contribution is 0.763. The molecule has 0 spiro atoms. The SMILES string of the molecule is CN=C(NCc1cnn(-c2ccc(Cl)cc2)c1)NC1CC1C.I. The van der Waals surface area contributed by atoms with Gasteiger partial charge in [0.1, 0.15) is 0 Å². The van der Waals surface area contributed by atoms with Gasteiger partial charge in [-0.2, -0.15) is 5.10 Å². The van der Waals surface area contributed by atoms with E-state index in [2.05, 4.69) is 27.6 Å². The molecular weight excluding hydrogens is 425 g/mol. The molecule has 1 aliphatic rings. The van der Waals surface area contributed by atoms with Crippen LogP contribution >= 0.6 is 35.6 Å². The van der Waals surface area contributed by atoms with Crippen LogP contribution in [0.3, 0.4) is 0 Å². The third-order valence-electron chi connectivity index (χ3n) is 3.84. The Kier molecular flexibility index (Phi) is 6.29. The second kappa shape index (κ2) is 8.01. The lowest BCUT2D eigenvalue weighted by Gasteiger charge is -2.10. The van der Waals surface area contributed by atoms with Gasteiger partial charge in [0, 0.05) is 36.4 Å². The van der Waals surface area contributed by atoms with Crippen LogP contribution in [0.5, 0.6) is 0 Å². The maximum atomic E-state index is 5.90. The van der Waals surface area contributed by atoms with Gasteiger partial charge in [-0.15, -0.1) is 24.0 Å². The highest BCUT2D eigenvalue weighted by atomic mass is 127. The lowest BCUT2D eigenvalue weighted by Crippen LogP contribution is -2.38. The van der Waals surface area contributed by atoms with E-state index in [0.29, 0.717) is 12.6 Å². The summed E-state index contributed by atoms with van der Waals surface area (Å²) in [6.45, 7) is 2.93. The summed E-state index contributed by atoms with van der Waals surface area (Å²) in [6.07, 6.45) is 5.08. The van der Waals surface area contributed by atoms with Crippen LogP contribution in [-0.2, 0) is 6.54 Å². The minimum absolute atomic E-state index is 0. The molecular formula is C16H21ClIN5. The third kappa shape index (κ3) is 4.84. The number of guanidine groups is 1. The molecule has 0 aliphatic heterocycles. The molecule has 1 aromatic heterocycles. The lowest BCUT2D eigenvalue weighted by atomic mass is 10.3. The first kappa shape index (κ1) is 18.1. The minimum Gasteiger partial charge on any atom is -0.353 e. The number of benzene rings is 1. The van der Waals surface area contributed by atoms with E-state index >= 15 is 0 Å². The van der Waals surface area contributed by atoms with Gasteiger partial charge in [0.15, 0.2) is 5.96 Å². The first-order valence-corrected chi connectivity index (χ1v) is 7.80. The van der Waals surface area contributed by atoms with E-state index in [1.807, 2.05) is 41.3 Å². The highest BCUT2D eigenvalue weighted by Gasteiger charge is 2.33. The van der Waals surface area contributed by atoms with Crippen molar-refractivity contribution in [1.29, 1.82) is 0 Å². The molecule has 124 valence electrons. The minimum atomic E-state index is 0. The van der Waals surface area contributed by atoms with Crippen LogP contribution in [-0.4, -0.2) is 28.8 Å². The van der Waals surface area contributed by atoms with E-state index in [0.717, 1.165) is 28.2 Å². The Morgan fingerprint density at radius 1 is 1.39 bits per heavy atom. The van der Waals surface area contributed by atoms with Crippen LogP contribution in [0.1, 0.15) is 18.9 Å².